The second-order valence-corrected chi connectivity index (χ2v) is 5.12. The minimum atomic E-state index is -0.122. The van der Waals surface area contributed by atoms with Crippen LogP contribution in [0.4, 0.5) is 5.69 Å². The first kappa shape index (κ1) is 12.4. The van der Waals surface area contributed by atoms with Gasteiger partial charge in [-0.15, -0.1) is 6.58 Å². The molecule has 1 heterocycles. The number of halogens is 1. The molecule has 1 saturated carbocycles. The van der Waals surface area contributed by atoms with E-state index < -0.39 is 0 Å². The zero-order valence-electron chi connectivity index (χ0n) is 9.66. The number of nitrogens with zero attached hydrogens (tertiary/aromatic N) is 2. The molecule has 0 aliphatic heterocycles. The molecule has 1 N–H and O–H groups in total. The van der Waals surface area contributed by atoms with E-state index in [2.05, 4.69) is 32.9 Å². The Morgan fingerprint density at radius 2 is 2.41 bits per heavy atom. The zero-order valence-corrected chi connectivity index (χ0v) is 11.2. The summed E-state index contributed by atoms with van der Waals surface area (Å²) in [5.41, 5.74) is 0.658. The maximum Gasteiger partial charge on any atom is 0.283 e. The average Bonchev–Trinajstić information content (AvgIpc) is 2.26. The molecular formula is C12H16BrN3O. The predicted octanol–water partition coefficient (Wildman–Crippen LogP) is 2.40. The standard InChI is InChI=1S/C12H16BrN3O/c1-2-6-16-12(17)11(13)10(8-15-16)14-7-9-4-3-5-9/h2,8-9,14H,1,3-7H2. The van der Waals surface area contributed by atoms with Gasteiger partial charge in [-0.1, -0.05) is 12.5 Å². The van der Waals surface area contributed by atoms with Crippen LogP contribution in [0.5, 0.6) is 0 Å². The number of rotatable bonds is 5. The summed E-state index contributed by atoms with van der Waals surface area (Å²) >= 11 is 3.32. The van der Waals surface area contributed by atoms with Crippen molar-refractivity contribution < 1.29 is 0 Å². The van der Waals surface area contributed by atoms with Gasteiger partial charge in [0, 0.05) is 6.54 Å². The molecule has 0 saturated heterocycles. The van der Waals surface area contributed by atoms with Crippen molar-refractivity contribution in [3.05, 3.63) is 33.7 Å². The molecule has 0 unspecified atom stereocenters. The Morgan fingerprint density at radius 3 is 3.00 bits per heavy atom. The van der Waals surface area contributed by atoms with Crippen molar-refractivity contribution in [3.8, 4) is 0 Å². The molecule has 0 spiro atoms. The molecule has 1 fully saturated rings. The summed E-state index contributed by atoms with van der Waals surface area (Å²) in [5.74, 6) is 0.748. The Labute approximate surface area is 109 Å². The van der Waals surface area contributed by atoms with Crippen LogP contribution in [-0.2, 0) is 6.54 Å². The van der Waals surface area contributed by atoms with Gasteiger partial charge in [-0.05, 0) is 34.7 Å². The van der Waals surface area contributed by atoms with Crippen LogP contribution in [0.25, 0.3) is 0 Å². The van der Waals surface area contributed by atoms with Gasteiger partial charge in [0.25, 0.3) is 5.56 Å². The summed E-state index contributed by atoms with van der Waals surface area (Å²) in [4.78, 5) is 11.9. The number of hydrogen-bond donors (Lipinski definition) is 1. The highest BCUT2D eigenvalue weighted by atomic mass is 79.9. The Morgan fingerprint density at radius 1 is 1.65 bits per heavy atom. The molecular weight excluding hydrogens is 282 g/mol. The molecule has 1 aromatic heterocycles. The first-order chi connectivity index (χ1) is 8.22. The van der Waals surface area contributed by atoms with Gasteiger partial charge in [-0.25, -0.2) is 4.68 Å². The van der Waals surface area contributed by atoms with E-state index in [1.807, 2.05) is 0 Å². The molecule has 1 aliphatic rings. The second-order valence-electron chi connectivity index (χ2n) is 4.33. The fourth-order valence-corrected chi connectivity index (χ4v) is 2.24. The van der Waals surface area contributed by atoms with E-state index >= 15 is 0 Å². The third-order valence-electron chi connectivity index (χ3n) is 3.09. The molecule has 0 aromatic carbocycles. The van der Waals surface area contributed by atoms with E-state index in [0.717, 1.165) is 18.2 Å². The molecule has 0 atom stereocenters. The van der Waals surface area contributed by atoms with Crippen LogP contribution in [0, 0.1) is 5.92 Å². The third-order valence-corrected chi connectivity index (χ3v) is 3.86. The van der Waals surface area contributed by atoms with Crippen molar-refractivity contribution in [1.82, 2.24) is 9.78 Å². The predicted molar refractivity (Wildman–Crippen MR) is 72.2 cm³/mol. The molecule has 1 aliphatic carbocycles. The fraction of sp³-hybridized carbons (Fsp3) is 0.500. The molecule has 0 amide bonds. The summed E-state index contributed by atoms with van der Waals surface area (Å²) in [7, 11) is 0. The molecule has 92 valence electrons. The highest BCUT2D eigenvalue weighted by molar-refractivity contribution is 9.10. The summed E-state index contributed by atoms with van der Waals surface area (Å²) in [5, 5.41) is 7.37. The van der Waals surface area contributed by atoms with Crippen LogP contribution < -0.4 is 10.9 Å². The number of hydrogen-bond acceptors (Lipinski definition) is 3. The van der Waals surface area contributed by atoms with Crippen molar-refractivity contribution >= 4 is 21.6 Å². The minimum Gasteiger partial charge on any atom is -0.382 e. The van der Waals surface area contributed by atoms with Crippen molar-refractivity contribution in [2.75, 3.05) is 11.9 Å². The summed E-state index contributed by atoms with van der Waals surface area (Å²) < 4.78 is 1.93. The van der Waals surface area contributed by atoms with Gasteiger partial charge in [0.05, 0.1) is 18.4 Å². The van der Waals surface area contributed by atoms with Gasteiger partial charge in [0.2, 0.25) is 0 Å². The minimum absolute atomic E-state index is 0.122. The van der Waals surface area contributed by atoms with Gasteiger partial charge < -0.3 is 5.32 Å². The van der Waals surface area contributed by atoms with Gasteiger partial charge in [-0.2, -0.15) is 5.10 Å². The molecule has 0 radical (unpaired) electrons. The Hall–Kier alpha value is -1.10. The average molecular weight is 298 g/mol. The largest absolute Gasteiger partial charge is 0.382 e. The van der Waals surface area contributed by atoms with E-state index in [4.69, 9.17) is 0 Å². The Kier molecular flexibility index (Phi) is 3.99. The van der Waals surface area contributed by atoms with Gasteiger partial charge >= 0.3 is 0 Å². The molecule has 1 aromatic rings. The number of allylic oxidation sites excluding steroid dienone is 1. The maximum absolute atomic E-state index is 11.9. The van der Waals surface area contributed by atoms with Crippen molar-refractivity contribution in [2.45, 2.75) is 25.8 Å². The molecule has 2 rings (SSSR count). The highest BCUT2D eigenvalue weighted by Gasteiger charge is 2.17. The van der Waals surface area contributed by atoms with Crippen LogP contribution >= 0.6 is 15.9 Å². The van der Waals surface area contributed by atoms with E-state index in [0.29, 0.717) is 11.0 Å². The SMILES string of the molecule is C=CCn1ncc(NCC2CCC2)c(Br)c1=O. The lowest BCUT2D eigenvalue weighted by Crippen LogP contribution is -2.26. The maximum atomic E-state index is 11.9. The zero-order chi connectivity index (χ0) is 12.3. The summed E-state index contributed by atoms with van der Waals surface area (Å²) in [6, 6.07) is 0. The topological polar surface area (TPSA) is 46.9 Å². The quantitative estimate of drug-likeness (QED) is 0.849. The normalized spacial score (nSPS) is 15.4. The number of nitrogens with one attached hydrogen (secondary N) is 1. The lowest BCUT2D eigenvalue weighted by molar-refractivity contribution is 0.333. The van der Waals surface area contributed by atoms with Crippen molar-refractivity contribution in [1.29, 1.82) is 0 Å². The van der Waals surface area contributed by atoms with E-state index in [1.54, 1.807) is 12.3 Å². The number of anilines is 1. The molecule has 5 heteroatoms. The molecule has 17 heavy (non-hydrogen) atoms. The third kappa shape index (κ3) is 2.77. The van der Waals surface area contributed by atoms with Crippen LogP contribution in [0.2, 0.25) is 0 Å². The summed E-state index contributed by atoms with van der Waals surface area (Å²) in [6.07, 6.45) is 7.24. The van der Waals surface area contributed by atoms with Gasteiger partial charge in [-0.3, -0.25) is 4.79 Å². The van der Waals surface area contributed by atoms with E-state index in [1.165, 1.54) is 23.9 Å². The first-order valence-corrected chi connectivity index (χ1v) is 6.62. The monoisotopic (exact) mass is 297 g/mol. The van der Waals surface area contributed by atoms with Crippen molar-refractivity contribution in [2.24, 2.45) is 5.92 Å². The Bertz CT molecular complexity index is 465. The Balaban J connectivity index is 2.09. The lowest BCUT2D eigenvalue weighted by Gasteiger charge is -2.26. The first-order valence-electron chi connectivity index (χ1n) is 5.82. The second kappa shape index (κ2) is 5.49. The van der Waals surface area contributed by atoms with Crippen LogP contribution in [0.1, 0.15) is 19.3 Å². The van der Waals surface area contributed by atoms with Crippen LogP contribution in [0.3, 0.4) is 0 Å². The number of aromatic nitrogens is 2. The van der Waals surface area contributed by atoms with Gasteiger partial charge in [0.15, 0.2) is 0 Å². The van der Waals surface area contributed by atoms with Crippen LogP contribution in [-0.4, -0.2) is 16.3 Å². The van der Waals surface area contributed by atoms with Crippen LogP contribution in [0.15, 0.2) is 28.1 Å². The lowest BCUT2D eigenvalue weighted by atomic mass is 9.85. The van der Waals surface area contributed by atoms with E-state index in [9.17, 15) is 4.79 Å². The van der Waals surface area contributed by atoms with Crippen molar-refractivity contribution in [3.63, 3.8) is 0 Å². The molecule has 0 bridgehead atoms. The van der Waals surface area contributed by atoms with E-state index in [-0.39, 0.29) is 5.56 Å². The van der Waals surface area contributed by atoms with Gasteiger partial charge in [0.1, 0.15) is 4.47 Å². The molecule has 4 nitrogen and oxygen atoms in total. The smallest absolute Gasteiger partial charge is 0.283 e. The highest BCUT2D eigenvalue weighted by Crippen LogP contribution is 2.27. The fourth-order valence-electron chi connectivity index (χ4n) is 1.79. The summed E-state index contributed by atoms with van der Waals surface area (Å²) in [6.45, 7) is 4.95.